The van der Waals surface area contributed by atoms with E-state index in [9.17, 15) is 31.5 Å². The van der Waals surface area contributed by atoms with Gasteiger partial charge >= 0.3 is 12.1 Å². The fraction of sp³-hybridized carbons (Fsp3) is 0.481. The summed E-state index contributed by atoms with van der Waals surface area (Å²) in [6.45, 7) is 1.32. The summed E-state index contributed by atoms with van der Waals surface area (Å²) in [6, 6.07) is 5.54. The monoisotopic (exact) mass is 568 g/mol. The Balaban J connectivity index is 1.83. The largest absolute Gasteiger partial charge is 0.486 e. The number of carboxylic acid groups (broad SMARTS) is 1. The molecule has 8 nitrogen and oxygen atoms in total. The minimum Gasteiger partial charge on any atom is -0.486 e. The lowest BCUT2D eigenvalue weighted by atomic mass is 9.84. The molecular weight excluding hydrogens is 537 g/mol. The number of sulfonamides is 1. The normalized spacial score (nSPS) is 20.9. The number of anilines is 1. The lowest BCUT2D eigenvalue weighted by Crippen LogP contribution is -2.44. The quantitative estimate of drug-likeness (QED) is 0.458. The zero-order valence-corrected chi connectivity index (χ0v) is 22.3. The number of fused-ring (bicyclic) bond motifs is 1. The van der Waals surface area contributed by atoms with Crippen molar-refractivity contribution in [3.8, 4) is 5.75 Å². The molecule has 0 amide bonds. The number of alkyl halides is 3. The molecule has 1 aromatic carbocycles. The van der Waals surface area contributed by atoms with E-state index < -0.39 is 45.3 Å². The molecule has 4 rings (SSSR count). The second-order valence-corrected chi connectivity index (χ2v) is 11.8. The number of aliphatic hydroxyl groups is 1. The SMILES string of the molecule is CC1CCCC/C1=C\c1ccc2c(c1)N(S(=O)(=O)c1cc(C(F)(F)F)cnc1CCO)C[C@H](CCC(=O)O)O2. The smallest absolute Gasteiger partial charge is 0.417 e. The standard InChI is InChI=1S/C27H31F3N2O6S/c1-17-4-2-3-5-19(17)12-18-6-8-24-23(13-18)32(16-21(38-24)7-9-26(34)35)39(36,37)25-14-20(27(28,29)30)15-31-22(25)10-11-33/h6,8,12-15,17,21,33H,2-5,7,9-11,16H2,1H3,(H,34,35)/b19-12+/t17?,21-/m0/s1. The number of carbonyl (C=O) groups is 1. The molecular formula is C27H31F3N2O6S. The van der Waals surface area contributed by atoms with E-state index in [1.54, 1.807) is 18.2 Å². The first-order valence-corrected chi connectivity index (χ1v) is 14.3. The minimum atomic E-state index is -4.84. The van der Waals surface area contributed by atoms with Gasteiger partial charge in [0, 0.05) is 25.6 Å². The zero-order chi connectivity index (χ0) is 28.4. The van der Waals surface area contributed by atoms with Crippen LogP contribution in [0.15, 0.2) is 40.9 Å². The molecule has 0 spiro atoms. The molecule has 0 bridgehead atoms. The highest BCUT2D eigenvalue weighted by Crippen LogP contribution is 2.41. The van der Waals surface area contributed by atoms with Crippen molar-refractivity contribution in [1.29, 1.82) is 0 Å². The van der Waals surface area contributed by atoms with Crippen LogP contribution < -0.4 is 9.04 Å². The summed E-state index contributed by atoms with van der Waals surface area (Å²) >= 11 is 0. The van der Waals surface area contributed by atoms with E-state index in [2.05, 4.69) is 11.9 Å². The molecule has 2 heterocycles. The third kappa shape index (κ3) is 6.55. The predicted molar refractivity (Wildman–Crippen MR) is 138 cm³/mol. The van der Waals surface area contributed by atoms with E-state index in [0.717, 1.165) is 35.6 Å². The minimum absolute atomic E-state index is 0.00551. The second-order valence-electron chi connectivity index (χ2n) is 9.94. The molecule has 1 aromatic heterocycles. The topological polar surface area (TPSA) is 117 Å². The van der Waals surface area contributed by atoms with Crippen molar-refractivity contribution >= 4 is 27.8 Å². The molecule has 39 heavy (non-hydrogen) atoms. The molecule has 1 fully saturated rings. The van der Waals surface area contributed by atoms with Gasteiger partial charge in [0.1, 0.15) is 16.7 Å². The average Bonchev–Trinajstić information content (AvgIpc) is 2.88. The number of hydrogen-bond acceptors (Lipinski definition) is 6. The van der Waals surface area contributed by atoms with Crippen LogP contribution in [-0.4, -0.2) is 48.8 Å². The summed E-state index contributed by atoms with van der Waals surface area (Å²) in [4.78, 5) is 14.2. The number of rotatable bonds is 8. The third-order valence-corrected chi connectivity index (χ3v) is 8.94. The second kappa shape index (κ2) is 11.5. The Morgan fingerprint density at radius 1 is 1.26 bits per heavy atom. The zero-order valence-electron chi connectivity index (χ0n) is 21.4. The van der Waals surface area contributed by atoms with Gasteiger partial charge in [0.2, 0.25) is 0 Å². The van der Waals surface area contributed by atoms with E-state index in [0.29, 0.717) is 18.2 Å². The van der Waals surface area contributed by atoms with Gasteiger partial charge in [-0.2, -0.15) is 13.2 Å². The molecule has 0 saturated heterocycles. The lowest BCUT2D eigenvalue weighted by Gasteiger charge is -2.36. The molecule has 1 aliphatic heterocycles. The molecule has 212 valence electrons. The molecule has 2 aliphatic rings. The maximum atomic E-state index is 14.0. The number of carboxylic acids is 1. The Bertz CT molecular complexity index is 1360. The lowest BCUT2D eigenvalue weighted by molar-refractivity contribution is -0.138. The van der Waals surface area contributed by atoms with Crippen molar-refractivity contribution in [3.05, 3.63) is 52.9 Å². The summed E-state index contributed by atoms with van der Waals surface area (Å²) in [7, 11) is -4.63. The maximum Gasteiger partial charge on any atom is 0.417 e. The Labute approximate surface area is 225 Å². The van der Waals surface area contributed by atoms with Gasteiger partial charge in [0.05, 0.1) is 23.5 Å². The number of benzene rings is 1. The van der Waals surface area contributed by atoms with E-state index in [-0.39, 0.29) is 42.9 Å². The molecule has 0 radical (unpaired) electrons. The molecule has 1 aliphatic carbocycles. The molecule has 1 unspecified atom stereocenters. The van der Waals surface area contributed by atoms with Crippen molar-refractivity contribution in [2.45, 2.75) is 69.0 Å². The Morgan fingerprint density at radius 3 is 2.69 bits per heavy atom. The fourth-order valence-electron chi connectivity index (χ4n) is 4.98. The van der Waals surface area contributed by atoms with Gasteiger partial charge in [-0.05, 0) is 55.4 Å². The van der Waals surface area contributed by atoms with Gasteiger partial charge in [-0.15, -0.1) is 0 Å². The number of hydrogen-bond donors (Lipinski definition) is 2. The molecule has 12 heteroatoms. The first-order valence-electron chi connectivity index (χ1n) is 12.8. The Morgan fingerprint density at radius 2 is 2.03 bits per heavy atom. The van der Waals surface area contributed by atoms with Gasteiger partial charge in [-0.3, -0.25) is 14.1 Å². The Hall–Kier alpha value is -3.12. The Kier molecular flexibility index (Phi) is 8.55. The van der Waals surface area contributed by atoms with Gasteiger partial charge in [0.25, 0.3) is 10.0 Å². The first kappa shape index (κ1) is 28.9. The number of nitrogens with zero attached hydrogens (tertiary/aromatic N) is 2. The van der Waals surface area contributed by atoms with Crippen LogP contribution in [0.25, 0.3) is 6.08 Å². The summed E-state index contributed by atoms with van der Waals surface area (Å²) in [5.74, 6) is -0.527. The van der Waals surface area contributed by atoms with Crippen LogP contribution >= 0.6 is 0 Å². The summed E-state index contributed by atoms with van der Waals surface area (Å²) < 4.78 is 75.5. The van der Waals surface area contributed by atoms with Crippen LogP contribution in [0.2, 0.25) is 0 Å². The molecule has 2 N–H and O–H groups in total. The maximum absolute atomic E-state index is 14.0. The predicted octanol–water partition coefficient (Wildman–Crippen LogP) is 5.05. The van der Waals surface area contributed by atoms with Crippen LogP contribution in [0.3, 0.4) is 0 Å². The van der Waals surface area contributed by atoms with Crippen molar-refractivity contribution in [3.63, 3.8) is 0 Å². The van der Waals surface area contributed by atoms with Crippen molar-refractivity contribution in [2.75, 3.05) is 17.5 Å². The molecule has 2 atom stereocenters. The summed E-state index contributed by atoms with van der Waals surface area (Å²) in [6.07, 6.45) is 0.506. The van der Waals surface area contributed by atoms with Crippen LogP contribution in [0, 0.1) is 5.92 Å². The van der Waals surface area contributed by atoms with E-state index >= 15 is 0 Å². The van der Waals surface area contributed by atoms with Crippen molar-refractivity contribution in [1.82, 2.24) is 4.98 Å². The van der Waals surface area contributed by atoms with E-state index in [1.165, 1.54) is 5.57 Å². The van der Waals surface area contributed by atoms with Gasteiger partial charge in [-0.25, -0.2) is 8.42 Å². The number of halogens is 3. The number of aliphatic carboxylic acids is 1. The highest BCUT2D eigenvalue weighted by molar-refractivity contribution is 7.92. The van der Waals surface area contributed by atoms with Gasteiger partial charge < -0.3 is 14.9 Å². The number of aromatic nitrogens is 1. The fourth-order valence-corrected chi connectivity index (χ4v) is 6.71. The highest BCUT2D eigenvalue weighted by atomic mass is 32.2. The average molecular weight is 569 g/mol. The number of allylic oxidation sites excluding steroid dienone is 1. The van der Waals surface area contributed by atoms with Crippen LogP contribution in [-0.2, 0) is 27.4 Å². The van der Waals surface area contributed by atoms with E-state index in [4.69, 9.17) is 9.84 Å². The van der Waals surface area contributed by atoms with Gasteiger partial charge in [-0.1, -0.05) is 31.1 Å². The third-order valence-electron chi connectivity index (χ3n) is 7.11. The van der Waals surface area contributed by atoms with Crippen LogP contribution in [0.1, 0.15) is 62.3 Å². The van der Waals surface area contributed by atoms with Gasteiger partial charge in [0.15, 0.2) is 0 Å². The summed E-state index contributed by atoms with van der Waals surface area (Å²) in [5, 5.41) is 18.6. The van der Waals surface area contributed by atoms with Crippen LogP contribution in [0.4, 0.5) is 18.9 Å². The van der Waals surface area contributed by atoms with Crippen molar-refractivity contribution in [2.24, 2.45) is 5.92 Å². The van der Waals surface area contributed by atoms with E-state index in [1.807, 2.05) is 6.08 Å². The number of ether oxygens (including phenoxy) is 1. The molecule has 1 saturated carbocycles. The van der Waals surface area contributed by atoms with Crippen molar-refractivity contribution < 1.29 is 41.3 Å². The number of aliphatic hydroxyl groups excluding tert-OH is 1. The molecule has 2 aromatic rings. The first-order chi connectivity index (χ1) is 18.4. The number of pyridine rings is 1. The van der Waals surface area contributed by atoms with Crippen LogP contribution in [0.5, 0.6) is 5.75 Å². The highest BCUT2D eigenvalue weighted by Gasteiger charge is 2.39. The summed E-state index contributed by atoms with van der Waals surface area (Å²) in [5.41, 5.74) is 0.673.